The quantitative estimate of drug-likeness (QED) is 0.434. The normalized spacial score (nSPS) is 11.9. The van der Waals surface area contributed by atoms with Crippen molar-refractivity contribution in [3.8, 4) is 11.6 Å². The number of hydrogen-bond donors (Lipinski definition) is 1. The molecule has 0 aliphatic rings. The van der Waals surface area contributed by atoms with Gasteiger partial charge in [0.15, 0.2) is 0 Å². The zero-order valence-corrected chi connectivity index (χ0v) is 14.7. The van der Waals surface area contributed by atoms with Crippen LogP contribution in [0.25, 0.3) is 0 Å². The minimum absolute atomic E-state index is 0.0375. The fraction of sp³-hybridized carbons (Fsp3) is 0.267. The van der Waals surface area contributed by atoms with E-state index in [1.54, 1.807) is 0 Å². The van der Waals surface area contributed by atoms with Crippen molar-refractivity contribution in [2.75, 3.05) is 24.9 Å². The lowest BCUT2D eigenvalue weighted by Gasteiger charge is -2.12. The standard InChI is InChI=1S/C15H15F3N3O4P/c1-26(2,24)9-20-12-7-11(4-5-13(12)21(22)23)25-14-6-3-10(8-19-14)15(16,17)18/h3-8,20H,9H2,1-2H3. The van der Waals surface area contributed by atoms with Crippen LogP contribution in [-0.2, 0) is 10.7 Å². The topological polar surface area (TPSA) is 94.4 Å². The minimum Gasteiger partial charge on any atom is -0.439 e. The van der Waals surface area contributed by atoms with Crippen LogP contribution in [0.15, 0.2) is 36.5 Å². The number of nitro benzene ring substituents is 1. The van der Waals surface area contributed by atoms with Gasteiger partial charge in [0.2, 0.25) is 5.88 Å². The predicted molar refractivity (Wildman–Crippen MR) is 90.4 cm³/mol. The Morgan fingerprint density at radius 2 is 1.96 bits per heavy atom. The highest BCUT2D eigenvalue weighted by atomic mass is 31.2. The lowest BCUT2D eigenvalue weighted by atomic mass is 10.2. The number of halogens is 3. The van der Waals surface area contributed by atoms with E-state index in [9.17, 15) is 27.9 Å². The summed E-state index contributed by atoms with van der Waals surface area (Å²) < 4.78 is 54.7. The van der Waals surface area contributed by atoms with Crippen LogP contribution in [0.3, 0.4) is 0 Å². The number of aromatic nitrogens is 1. The average Bonchev–Trinajstić information content (AvgIpc) is 2.52. The highest BCUT2D eigenvalue weighted by Gasteiger charge is 2.30. The second-order valence-electron chi connectivity index (χ2n) is 5.83. The predicted octanol–water partition coefficient (Wildman–Crippen LogP) is 4.79. The molecule has 0 aliphatic carbocycles. The first-order valence-electron chi connectivity index (χ1n) is 7.23. The molecule has 0 bridgehead atoms. The van der Waals surface area contributed by atoms with Gasteiger partial charge in [-0.15, -0.1) is 0 Å². The smallest absolute Gasteiger partial charge is 0.417 e. The van der Waals surface area contributed by atoms with Crippen molar-refractivity contribution < 1.29 is 27.4 Å². The van der Waals surface area contributed by atoms with Crippen LogP contribution >= 0.6 is 7.14 Å². The van der Waals surface area contributed by atoms with Gasteiger partial charge in [0.05, 0.1) is 23.9 Å². The van der Waals surface area contributed by atoms with E-state index in [1.807, 2.05) is 0 Å². The lowest BCUT2D eigenvalue weighted by Crippen LogP contribution is -2.05. The maximum atomic E-state index is 12.5. The van der Waals surface area contributed by atoms with Gasteiger partial charge in [-0.1, -0.05) is 0 Å². The second kappa shape index (κ2) is 7.33. The van der Waals surface area contributed by atoms with Crippen molar-refractivity contribution in [2.45, 2.75) is 6.18 Å². The Bertz CT molecular complexity index is 850. The number of rotatable bonds is 6. The number of benzene rings is 1. The third-order valence-corrected chi connectivity index (χ3v) is 4.02. The maximum Gasteiger partial charge on any atom is 0.417 e. The summed E-state index contributed by atoms with van der Waals surface area (Å²) in [5.41, 5.74) is -1.08. The molecule has 1 aromatic heterocycles. The number of pyridine rings is 1. The van der Waals surface area contributed by atoms with Gasteiger partial charge in [0.1, 0.15) is 11.4 Å². The van der Waals surface area contributed by atoms with Gasteiger partial charge >= 0.3 is 6.18 Å². The summed E-state index contributed by atoms with van der Waals surface area (Å²) in [5.74, 6) is 0.0295. The van der Waals surface area contributed by atoms with Crippen LogP contribution in [0.4, 0.5) is 24.5 Å². The number of anilines is 1. The number of nitro groups is 1. The Kier molecular flexibility index (Phi) is 5.56. The van der Waals surface area contributed by atoms with Crippen LogP contribution in [0.1, 0.15) is 5.56 Å². The van der Waals surface area contributed by atoms with E-state index < -0.39 is 23.8 Å². The van der Waals surface area contributed by atoms with Crippen LogP contribution in [0.2, 0.25) is 0 Å². The summed E-state index contributed by atoms with van der Waals surface area (Å²) in [4.78, 5) is 14.0. The lowest BCUT2D eigenvalue weighted by molar-refractivity contribution is -0.384. The van der Waals surface area contributed by atoms with Gasteiger partial charge in [-0.05, 0) is 25.5 Å². The van der Waals surface area contributed by atoms with E-state index in [1.165, 1.54) is 31.5 Å². The Morgan fingerprint density at radius 1 is 1.27 bits per heavy atom. The molecule has 0 radical (unpaired) electrons. The summed E-state index contributed by atoms with van der Waals surface area (Å²) in [6.45, 7) is 3.05. The van der Waals surface area contributed by atoms with Gasteiger partial charge in [-0.3, -0.25) is 10.1 Å². The Balaban J connectivity index is 2.24. The minimum atomic E-state index is -4.51. The molecule has 0 unspecified atom stereocenters. The molecule has 2 aromatic rings. The largest absolute Gasteiger partial charge is 0.439 e. The van der Waals surface area contributed by atoms with E-state index in [0.29, 0.717) is 6.20 Å². The first kappa shape index (κ1) is 19.7. The number of alkyl halides is 3. The van der Waals surface area contributed by atoms with Gasteiger partial charge in [-0.2, -0.15) is 13.2 Å². The summed E-state index contributed by atoms with van der Waals surface area (Å²) in [6, 6.07) is 5.63. The van der Waals surface area contributed by atoms with E-state index in [2.05, 4.69) is 10.3 Å². The molecule has 0 fully saturated rings. The molecule has 0 saturated carbocycles. The van der Waals surface area contributed by atoms with Crippen LogP contribution in [-0.4, -0.2) is 29.5 Å². The molecule has 0 spiro atoms. The maximum absolute atomic E-state index is 12.5. The molecule has 2 rings (SSSR count). The van der Waals surface area contributed by atoms with Crippen molar-refractivity contribution in [1.29, 1.82) is 0 Å². The van der Waals surface area contributed by atoms with E-state index in [-0.39, 0.29) is 29.3 Å². The zero-order chi connectivity index (χ0) is 19.5. The number of ether oxygens (including phenoxy) is 1. The molecule has 1 aromatic carbocycles. The third kappa shape index (κ3) is 5.45. The summed E-state index contributed by atoms with van der Waals surface area (Å²) >= 11 is 0. The first-order chi connectivity index (χ1) is 12.0. The molecule has 11 heteroatoms. The SMILES string of the molecule is CP(C)(=O)CNc1cc(Oc2ccc(C(F)(F)F)cn2)ccc1[N+](=O)[O-]. The highest BCUT2D eigenvalue weighted by Crippen LogP contribution is 2.38. The van der Waals surface area contributed by atoms with E-state index in [4.69, 9.17) is 4.74 Å². The van der Waals surface area contributed by atoms with Crippen LogP contribution in [0.5, 0.6) is 11.6 Å². The fourth-order valence-electron chi connectivity index (χ4n) is 1.88. The molecule has 1 heterocycles. The Hall–Kier alpha value is -2.61. The molecule has 1 N–H and O–H groups in total. The van der Waals surface area contributed by atoms with Gasteiger partial charge in [-0.25, -0.2) is 4.98 Å². The molecule has 0 saturated heterocycles. The molecule has 0 amide bonds. The van der Waals surface area contributed by atoms with Crippen molar-refractivity contribution in [3.63, 3.8) is 0 Å². The van der Waals surface area contributed by atoms with E-state index in [0.717, 1.165) is 12.1 Å². The van der Waals surface area contributed by atoms with Crippen molar-refractivity contribution in [3.05, 3.63) is 52.2 Å². The number of nitrogens with zero attached hydrogens (tertiary/aromatic N) is 2. The molecule has 140 valence electrons. The molecule has 0 atom stereocenters. The third-order valence-electron chi connectivity index (χ3n) is 3.10. The molecule has 0 aliphatic heterocycles. The monoisotopic (exact) mass is 389 g/mol. The highest BCUT2D eigenvalue weighted by molar-refractivity contribution is 7.62. The van der Waals surface area contributed by atoms with Crippen LogP contribution in [0, 0.1) is 10.1 Å². The fourth-order valence-corrected chi connectivity index (χ4v) is 2.44. The molecule has 7 nitrogen and oxygen atoms in total. The Morgan fingerprint density at radius 3 is 2.46 bits per heavy atom. The number of nitrogens with one attached hydrogen (secondary N) is 1. The Labute approximate surface area is 146 Å². The molecular formula is C15H15F3N3O4P. The summed E-state index contributed by atoms with van der Waals surface area (Å²) in [7, 11) is -2.48. The number of hydrogen-bond acceptors (Lipinski definition) is 6. The second-order valence-corrected chi connectivity index (χ2v) is 9.29. The van der Waals surface area contributed by atoms with Crippen molar-refractivity contribution in [2.24, 2.45) is 0 Å². The van der Waals surface area contributed by atoms with Gasteiger partial charge < -0.3 is 14.6 Å². The van der Waals surface area contributed by atoms with Gasteiger partial charge in [0.25, 0.3) is 5.69 Å². The zero-order valence-electron chi connectivity index (χ0n) is 13.8. The average molecular weight is 389 g/mol. The van der Waals surface area contributed by atoms with E-state index >= 15 is 0 Å². The summed E-state index contributed by atoms with van der Waals surface area (Å²) in [6.07, 6.45) is -3.84. The van der Waals surface area contributed by atoms with Crippen LogP contribution < -0.4 is 10.1 Å². The van der Waals surface area contributed by atoms with Crippen molar-refractivity contribution in [1.82, 2.24) is 4.98 Å². The molecule has 26 heavy (non-hydrogen) atoms. The van der Waals surface area contributed by atoms with Gasteiger partial charge in [0, 0.05) is 24.4 Å². The first-order valence-corrected chi connectivity index (χ1v) is 10.0. The van der Waals surface area contributed by atoms with Crippen molar-refractivity contribution >= 4 is 18.5 Å². The molecular weight excluding hydrogens is 374 g/mol. The summed E-state index contributed by atoms with van der Waals surface area (Å²) in [5, 5.41) is 13.8.